The summed E-state index contributed by atoms with van der Waals surface area (Å²) in [4.78, 5) is 34.2. The van der Waals surface area contributed by atoms with Gasteiger partial charge in [-0.15, -0.1) is 0 Å². The number of aromatic nitrogens is 4. The van der Waals surface area contributed by atoms with E-state index in [4.69, 9.17) is 28.8 Å². The third-order valence-corrected chi connectivity index (χ3v) is 9.43. The second kappa shape index (κ2) is 15.2. The Balaban J connectivity index is 1.28. The van der Waals surface area contributed by atoms with E-state index >= 15 is 0 Å². The number of phosphoric acid groups is 1. The summed E-state index contributed by atoms with van der Waals surface area (Å²) in [6.07, 6.45) is -3.57. The molecule has 1 aliphatic rings. The lowest BCUT2D eigenvalue weighted by Gasteiger charge is -2.39. The van der Waals surface area contributed by atoms with Crippen molar-refractivity contribution in [1.29, 1.82) is 0 Å². The molecular formula is C34H36N5O9P. The van der Waals surface area contributed by atoms with Gasteiger partial charge in [-0.05, 0) is 16.7 Å². The monoisotopic (exact) mass is 689 g/mol. The number of nitrogens with two attached hydrogens (primary N) is 1. The molecule has 3 heterocycles. The maximum absolute atomic E-state index is 14.3. The molecule has 0 bridgehead atoms. The van der Waals surface area contributed by atoms with Crippen molar-refractivity contribution < 1.29 is 37.5 Å². The Morgan fingerprint density at radius 3 is 2.12 bits per heavy atom. The van der Waals surface area contributed by atoms with Crippen LogP contribution in [0.4, 0.5) is 5.95 Å². The Kier molecular flexibility index (Phi) is 10.6. The van der Waals surface area contributed by atoms with Crippen LogP contribution in [-0.4, -0.2) is 55.1 Å². The topological polar surface area (TPSA) is 179 Å². The van der Waals surface area contributed by atoms with E-state index in [2.05, 4.69) is 9.97 Å². The summed E-state index contributed by atoms with van der Waals surface area (Å²) < 4.78 is 46.4. The number of nitrogen functional groups attached to an aromatic ring is 1. The number of ether oxygens (including phenoxy) is 2. The van der Waals surface area contributed by atoms with Gasteiger partial charge in [0.1, 0.15) is 31.1 Å². The molecule has 3 N–H and O–H groups in total. The molecule has 1 aliphatic heterocycles. The second-order valence-electron chi connectivity index (χ2n) is 11.5. The van der Waals surface area contributed by atoms with Crippen LogP contribution in [0.3, 0.4) is 0 Å². The quantitative estimate of drug-likeness (QED) is 0.134. The summed E-state index contributed by atoms with van der Waals surface area (Å²) in [7, 11) is -2.90. The number of esters is 1. The first kappa shape index (κ1) is 34.2. The number of hydrogen-bond donors (Lipinski definition) is 2. The van der Waals surface area contributed by atoms with Crippen LogP contribution in [-0.2, 0) is 59.1 Å². The predicted molar refractivity (Wildman–Crippen MR) is 178 cm³/mol. The fourth-order valence-electron chi connectivity index (χ4n) is 5.32. The van der Waals surface area contributed by atoms with E-state index in [1.165, 1.54) is 17.9 Å². The van der Waals surface area contributed by atoms with Gasteiger partial charge >= 0.3 is 13.8 Å². The Hall–Kier alpha value is -4.69. The van der Waals surface area contributed by atoms with E-state index < -0.39 is 43.9 Å². The van der Waals surface area contributed by atoms with Gasteiger partial charge in [-0.1, -0.05) is 91.0 Å². The maximum atomic E-state index is 14.3. The molecule has 0 unspecified atom stereocenters. The fraction of sp³-hybridized carbons (Fsp3) is 0.294. The summed E-state index contributed by atoms with van der Waals surface area (Å²) in [5.74, 6) is -0.599. The molecular weight excluding hydrogens is 653 g/mol. The average molecular weight is 690 g/mol. The largest absolute Gasteiger partial charge is 0.475 e. The van der Waals surface area contributed by atoms with Crippen LogP contribution in [0, 0.1) is 0 Å². The second-order valence-corrected chi connectivity index (χ2v) is 13.1. The van der Waals surface area contributed by atoms with E-state index in [0.717, 1.165) is 21.3 Å². The van der Waals surface area contributed by atoms with Crippen LogP contribution in [0.2, 0.25) is 0 Å². The molecule has 14 nitrogen and oxygen atoms in total. The molecule has 1 saturated heterocycles. The zero-order valence-electron chi connectivity index (χ0n) is 26.6. The summed E-state index contributed by atoms with van der Waals surface area (Å²) in [5, 5.41) is 11.5. The first-order valence-electron chi connectivity index (χ1n) is 15.6. The number of carbonyl (C=O) groups excluding carboxylic acids is 1. The van der Waals surface area contributed by atoms with E-state index in [1.54, 1.807) is 36.4 Å². The van der Waals surface area contributed by atoms with Crippen molar-refractivity contribution in [3.8, 4) is 0 Å². The first-order valence-corrected chi connectivity index (χ1v) is 17.0. The molecule has 256 valence electrons. The third-order valence-electron chi connectivity index (χ3n) is 8.01. The molecule has 0 saturated carbocycles. The van der Waals surface area contributed by atoms with Crippen LogP contribution in [0.15, 0.2) is 102 Å². The smallest absolute Gasteiger partial charge is 0.463 e. The maximum Gasteiger partial charge on any atom is 0.475 e. The number of aliphatic hydroxyl groups excluding tert-OH is 1. The van der Waals surface area contributed by atoms with Crippen molar-refractivity contribution in [3.63, 3.8) is 0 Å². The van der Waals surface area contributed by atoms with Crippen molar-refractivity contribution in [2.45, 2.75) is 50.6 Å². The molecule has 0 amide bonds. The summed E-state index contributed by atoms with van der Waals surface area (Å²) in [5.41, 5.74) is 7.88. The summed E-state index contributed by atoms with van der Waals surface area (Å²) in [6.45, 7) is -0.573. The van der Waals surface area contributed by atoms with Gasteiger partial charge in [-0.25, -0.2) is 9.55 Å². The van der Waals surface area contributed by atoms with E-state index in [0.29, 0.717) is 0 Å². The first-order chi connectivity index (χ1) is 23.7. The van der Waals surface area contributed by atoms with E-state index in [9.17, 15) is 19.3 Å². The number of carbonyl (C=O) groups is 1. The molecule has 1 fully saturated rings. The van der Waals surface area contributed by atoms with Gasteiger partial charge in [-0.3, -0.25) is 32.3 Å². The molecule has 3 aromatic carbocycles. The summed E-state index contributed by atoms with van der Waals surface area (Å²) in [6, 6.07) is 27.2. The van der Waals surface area contributed by atoms with Gasteiger partial charge in [0, 0.05) is 13.5 Å². The number of phosphoric ester groups is 1. The molecule has 15 heteroatoms. The van der Waals surface area contributed by atoms with Crippen LogP contribution in [0.1, 0.15) is 29.3 Å². The Morgan fingerprint density at radius 2 is 1.53 bits per heavy atom. The van der Waals surface area contributed by atoms with Crippen molar-refractivity contribution in [3.05, 3.63) is 124 Å². The minimum atomic E-state index is -4.38. The average Bonchev–Trinajstić information content (AvgIpc) is 3.54. The molecule has 49 heavy (non-hydrogen) atoms. The lowest BCUT2D eigenvalue weighted by atomic mass is 10.0. The number of hydrogen-bond acceptors (Lipinski definition) is 12. The lowest BCUT2D eigenvalue weighted by molar-refractivity contribution is -0.204. The molecule has 6 rings (SSSR count). The van der Waals surface area contributed by atoms with E-state index in [1.807, 2.05) is 54.6 Å². The minimum Gasteiger partial charge on any atom is -0.463 e. The van der Waals surface area contributed by atoms with Gasteiger partial charge in [0.2, 0.25) is 5.95 Å². The number of imidazole rings is 1. The number of aliphatic hydroxyl groups is 1. The molecule has 5 aromatic rings. The van der Waals surface area contributed by atoms with Crippen molar-refractivity contribution >= 4 is 30.9 Å². The number of benzene rings is 3. The highest BCUT2D eigenvalue weighted by Crippen LogP contribution is 2.54. The van der Waals surface area contributed by atoms with Crippen LogP contribution < -0.4 is 11.3 Å². The molecule has 0 aliphatic carbocycles. The standard InChI is InChI=1S/C34H36N5O9P/c1-38-33(42)30-32(37-34(38)35)39(22-36-30)28-18-26(31(41)27(47-28)21-44-29(40)17-23-11-5-2-6-12-23)48-49(43,45-19-24-13-7-3-8-14-24)46-20-25-15-9-4-10-16-25/h2-16,22,26-28,31,41H,17-21H2,1H3,(H2,35,37)/t26-,27-,28-,31+/m1/s1. The third kappa shape index (κ3) is 8.31. The van der Waals surface area contributed by atoms with Crippen LogP contribution in [0.25, 0.3) is 11.2 Å². The van der Waals surface area contributed by atoms with Gasteiger partial charge in [0.25, 0.3) is 5.56 Å². The van der Waals surface area contributed by atoms with Gasteiger partial charge < -0.3 is 20.3 Å². The zero-order valence-corrected chi connectivity index (χ0v) is 27.5. The van der Waals surface area contributed by atoms with Crippen molar-refractivity contribution in [2.24, 2.45) is 7.05 Å². The van der Waals surface area contributed by atoms with Crippen LogP contribution >= 0.6 is 7.82 Å². The highest BCUT2D eigenvalue weighted by molar-refractivity contribution is 7.48. The van der Waals surface area contributed by atoms with E-state index in [-0.39, 0.29) is 49.8 Å². The zero-order chi connectivity index (χ0) is 34.4. The summed E-state index contributed by atoms with van der Waals surface area (Å²) >= 11 is 0. The lowest BCUT2D eigenvalue weighted by Crippen LogP contribution is -2.50. The highest BCUT2D eigenvalue weighted by atomic mass is 31.2. The highest BCUT2D eigenvalue weighted by Gasteiger charge is 2.45. The van der Waals surface area contributed by atoms with Gasteiger partial charge in [-0.2, -0.15) is 4.98 Å². The van der Waals surface area contributed by atoms with Crippen LogP contribution in [0.5, 0.6) is 0 Å². The molecule has 0 radical (unpaired) electrons. The SMILES string of the molecule is Cn1c(N)nc2c(ncn2[C@H]2C[C@@H](OP(=O)(OCc3ccccc3)OCc3ccccc3)[C@H](O)[C@@H](COC(=O)Cc3ccccc3)O2)c1=O. The Bertz CT molecular complexity index is 1930. The van der Waals surface area contributed by atoms with Crippen molar-refractivity contribution in [1.82, 2.24) is 19.1 Å². The number of fused-ring (bicyclic) bond motifs is 1. The Labute approximate surface area is 281 Å². The normalized spacial score (nSPS) is 19.6. The Morgan fingerprint density at radius 1 is 0.959 bits per heavy atom. The van der Waals surface area contributed by atoms with Gasteiger partial charge in [0.15, 0.2) is 11.2 Å². The predicted octanol–water partition coefficient (Wildman–Crippen LogP) is 4.07. The van der Waals surface area contributed by atoms with Crippen molar-refractivity contribution in [2.75, 3.05) is 12.3 Å². The van der Waals surface area contributed by atoms with Gasteiger partial charge in [0.05, 0.1) is 26.0 Å². The molecule has 4 atom stereocenters. The number of anilines is 1. The minimum absolute atomic E-state index is 0.00150. The fourth-order valence-corrected chi connectivity index (χ4v) is 6.67. The molecule has 2 aromatic heterocycles. The molecule has 0 spiro atoms. The number of rotatable bonds is 13. The number of nitrogens with zero attached hydrogens (tertiary/aromatic N) is 4.